The van der Waals surface area contributed by atoms with Gasteiger partial charge in [-0.25, -0.2) is 4.79 Å². The highest BCUT2D eigenvalue weighted by Crippen LogP contribution is 2.09. The van der Waals surface area contributed by atoms with Crippen LogP contribution in [0.2, 0.25) is 0 Å². The van der Waals surface area contributed by atoms with Crippen molar-refractivity contribution in [2.24, 2.45) is 0 Å². The van der Waals surface area contributed by atoms with Crippen LogP contribution in [0.5, 0.6) is 0 Å². The predicted molar refractivity (Wildman–Crippen MR) is 109 cm³/mol. The second-order valence-electron chi connectivity index (χ2n) is 8.25. The highest BCUT2D eigenvalue weighted by molar-refractivity contribution is 5.95. The summed E-state index contributed by atoms with van der Waals surface area (Å²) in [6, 6.07) is 9.69. The zero-order chi connectivity index (χ0) is 20.6. The average molecular weight is 389 g/mol. The number of nitrogens with zero attached hydrogens (tertiary/aromatic N) is 2. The van der Waals surface area contributed by atoms with Gasteiger partial charge in [-0.2, -0.15) is 0 Å². The van der Waals surface area contributed by atoms with Crippen molar-refractivity contribution in [1.82, 2.24) is 20.4 Å². The third-order valence-corrected chi connectivity index (χ3v) is 4.53. The summed E-state index contributed by atoms with van der Waals surface area (Å²) in [7, 11) is 0. The van der Waals surface area contributed by atoms with Gasteiger partial charge < -0.3 is 10.2 Å². The van der Waals surface area contributed by atoms with E-state index >= 15 is 0 Å². The van der Waals surface area contributed by atoms with Crippen LogP contribution < -0.4 is 10.6 Å². The van der Waals surface area contributed by atoms with E-state index in [1.807, 2.05) is 48.8 Å². The number of piperazine rings is 1. The fourth-order valence-electron chi connectivity index (χ4n) is 3.14. The fraction of sp³-hybridized carbons (Fsp3) is 0.571. The molecule has 154 valence electrons. The van der Waals surface area contributed by atoms with E-state index in [2.05, 4.69) is 22.8 Å². The van der Waals surface area contributed by atoms with E-state index in [0.29, 0.717) is 32.6 Å². The lowest BCUT2D eigenvalue weighted by atomic mass is 10.1. The molecule has 2 rings (SSSR count). The average Bonchev–Trinajstić information content (AvgIpc) is 2.61. The summed E-state index contributed by atoms with van der Waals surface area (Å²) in [4.78, 5) is 39.9. The predicted octanol–water partition coefficient (Wildman–Crippen LogP) is 1.78. The number of rotatable bonds is 6. The molecule has 0 atom stereocenters. The monoisotopic (exact) mass is 388 g/mol. The van der Waals surface area contributed by atoms with Crippen molar-refractivity contribution < 1.29 is 14.4 Å². The van der Waals surface area contributed by atoms with Crippen LogP contribution in [0, 0.1) is 0 Å². The summed E-state index contributed by atoms with van der Waals surface area (Å²) in [6.45, 7) is 8.23. The molecule has 1 aliphatic rings. The molecular formula is C21H32N4O3. The molecule has 1 aliphatic heterocycles. The molecule has 7 heteroatoms. The van der Waals surface area contributed by atoms with E-state index in [1.54, 1.807) is 0 Å². The number of amides is 4. The second-order valence-corrected chi connectivity index (χ2v) is 8.25. The van der Waals surface area contributed by atoms with Gasteiger partial charge in [-0.15, -0.1) is 0 Å². The molecule has 28 heavy (non-hydrogen) atoms. The molecule has 0 aromatic heterocycles. The van der Waals surface area contributed by atoms with Gasteiger partial charge in [-0.05, 0) is 39.2 Å². The Balaban J connectivity index is 1.64. The number of benzene rings is 1. The summed E-state index contributed by atoms with van der Waals surface area (Å²) in [5.74, 6) is -0.158. The Hall–Kier alpha value is -2.41. The Labute approximate surface area is 167 Å². The maximum absolute atomic E-state index is 12.4. The van der Waals surface area contributed by atoms with Crippen molar-refractivity contribution in [2.75, 3.05) is 32.7 Å². The molecule has 0 unspecified atom stereocenters. The molecule has 0 bridgehead atoms. The third kappa shape index (κ3) is 8.08. The van der Waals surface area contributed by atoms with Crippen molar-refractivity contribution in [1.29, 1.82) is 0 Å². The van der Waals surface area contributed by atoms with Gasteiger partial charge in [0.1, 0.15) is 0 Å². The highest BCUT2D eigenvalue weighted by atomic mass is 16.2. The van der Waals surface area contributed by atoms with E-state index in [4.69, 9.17) is 0 Å². The lowest BCUT2D eigenvalue weighted by Crippen LogP contribution is -2.53. The standard InChI is InChI=1S/C21H32N4O3/c1-21(2,3)23-20(28)22-18(26)16-24-12-14-25(15-13-24)19(27)11-7-10-17-8-5-4-6-9-17/h4-6,8-9H,7,10-16H2,1-3H3,(H2,22,23,26,28). The quantitative estimate of drug-likeness (QED) is 0.778. The van der Waals surface area contributed by atoms with Crippen LogP contribution in [0.3, 0.4) is 0 Å². The summed E-state index contributed by atoms with van der Waals surface area (Å²) in [5.41, 5.74) is 0.860. The van der Waals surface area contributed by atoms with Gasteiger partial charge in [0.2, 0.25) is 11.8 Å². The lowest BCUT2D eigenvalue weighted by Gasteiger charge is -2.34. The molecule has 0 radical (unpaired) electrons. The summed E-state index contributed by atoms with van der Waals surface area (Å²) >= 11 is 0. The first-order valence-electron chi connectivity index (χ1n) is 9.89. The summed E-state index contributed by atoms with van der Waals surface area (Å²) < 4.78 is 0. The lowest BCUT2D eigenvalue weighted by molar-refractivity contribution is -0.133. The normalized spacial score (nSPS) is 15.2. The number of hydrogen-bond acceptors (Lipinski definition) is 4. The molecule has 1 heterocycles. The minimum Gasteiger partial charge on any atom is -0.340 e. The summed E-state index contributed by atoms with van der Waals surface area (Å²) in [5, 5.41) is 5.05. The molecule has 0 aliphatic carbocycles. The smallest absolute Gasteiger partial charge is 0.321 e. The number of carbonyl (C=O) groups is 3. The number of imide groups is 1. The molecule has 0 spiro atoms. The number of nitrogens with one attached hydrogen (secondary N) is 2. The number of aryl methyl sites for hydroxylation is 1. The van der Waals surface area contributed by atoms with E-state index in [-0.39, 0.29) is 18.4 Å². The van der Waals surface area contributed by atoms with Crippen LogP contribution in [0.15, 0.2) is 30.3 Å². The first kappa shape index (κ1) is 21.9. The Kier molecular flexibility index (Phi) is 7.99. The fourth-order valence-corrected chi connectivity index (χ4v) is 3.14. The van der Waals surface area contributed by atoms with Gasteiger partial charge in [-0.1, -0.05) is 30.3 Å². The third-order valence-electron chi connectivity index (χ3n) is 4.53. The Bertz CT molecular complexity index is 662. The topological polar surface area (TPSA) is 81.8 Å². The molecule has 1 aromatic carbocycles. The van der Waals surface area contributed by atoms with Crippen LogP contribution in [0.25, 0.3) is 0 Å². The Morgan fingerprint density at radius 3 is 2.25 bits per heavy atom. The van der Waals surface area contributed by atoms with Gasteiger partial charge in [0.15, 0.2) is 0 Å². The van der Waals surface area contributed by atoms with Crippen molar-refractivity contribution >= 4 is 17.8 Å². The summed E-state index contributed by atoms with van der Waals surface area (Å²) in [6.07, 6.45) is 2.29. The van der Waals surface area contributed by atoms with Crippen LogP contribution >= 0.6 is 0 Å². The minimum absolute atomic E-state index is 0.160. The minimum atomic E-state index is -0.482. The Morgan fingerprint density at radius 1 is 1.00 bits per heavy atom. The molecular weight excluding hydrogens is 356 g/mol. The van der Waals surface area contributed by atoms with E-state index in [9.17, 15) is 14.4 Å². The number of carbonyl (C=O) groups excluding carboxylic acids is 3. The van der Waals surface area contributed by atoms with Crippen molar-refractivity contribution in [2.45, 2.75) is 45.6 Å². The van der Waals surface area contributed by atoms with Crippen LogP contribution in [-0.4, -0.2) is 65.9 Å². The second kappa shape index (κ2) is 10.2. The molecule has 1 aromatic rings. The molecule has 7 nitrogen and oxygen atoms in total. The maximum atomic E-state index is 12.4. The molecule has 1 fully saturated rings. The van der Waals surface area contributed by atoms with E-state index in [1.165, 1.54) is 5.56 Å². The highest BCUT2D eigenvalue weighted by Gasteiger charge is 2.23. The van der Waals surface area contributed by atoms with Gasteiger partial charge in [0.05, 0.1) is 6.54 Å². The van der Waals surface area contributed by atoms with E-state index in [0.717, 1.165) is 12.8 Å². The van der Waals surface area contributed by atoms with Crippen LogP contribution in [0.4, 0.5) is 4.79 Å². The molecule has 1 saturated heterocycles. The largest absolute Gasteiger partial charge is 0.340 e. The zero-order valence-electron chi connectivity index (χ0n) is 17.2. The Morgan fingerprint density at radius 2 is 1.64 bits per heavy atom. The number of urea groups is 1. The van der Waals surface area contributed by atoms with Gasteiger partial charge >= 0.3 is 6.03 Å². The van der Waals surface area contributed by atoms with Gasteiger partial charge in [0, 0.05) is 38.1 Å². The van der Waals surface area contributed by atoms with Crippen LogP contribution in [-0.2, 0) is 16.0 Å². The van der Waals surface area contributed by atoms with Crippen molar-refractivity contribution in [3.05, 3.63) is 35.9 Å². The van der Waals surface area contributed by atoms with Crippen molar-refractivity contribution in [3.63, 3.8) is 0 Å². The van der Waals surface area contributed by atoms with Gasteiger partial charge in [0.25, 0.3) is 0 Å². The zero-order valence-corrected chi connectivity index (χ0v) is 17.2. The molecule has 0 saturated carbocycles. The van der Waals surface area contributed by atoms with Crippen LogP contribution in [0.1, 0.15) is 39.2 Å². The van der Waals surface area contributed by atoms with Crippen molar-refractivity contribution in [3.8, 4) is 0 Å². The first-order valence-corrected chi connectivity index (χ1v) is 9.89. The SMILES string of the molecule is CC(C)(C)NC(=O)NC(=O)CN1CCN(C(=O)CCCc2ccccc2)CC1. The molecule has 4 amide bonds. The van der Waals surface area contributed by atoms with E-state index < -0.39 is 11.6 Å². The van der Waals surface area contributed by atoms with Gasteiger partial charge in [-0.3, -0.25) is 19.8 Å². The number of hydrogen-bond donors (Lipinski definition) is 2. The first-order chi connectivity index (χ1) is 13.2. The molecule has 2 N–H and O–H groups in total. The maximum Gasteiger partial charge on any atom is 0.321 e.